The van der Waals surface area contributed by atoms with Gasteiger partial charge in [0.1, 0.15) is 5.75 Å². The van der Waals surface area contributed by atoms with Crippen molar-refractivity contribution in [2.75, 3.05) is 24.3 Å². The number of amides is 1. The number of methoxy groups -OCH3 is 1. The largest absolute Gasteiger partial charge is 0.495 e. The molecule has 0 bridgehead atoms. The van der Waals surface area contributed by atoms with Crippen LogP contribution in [0.3, 0.4) is 0 Å². The van der Waals surface area contributed by atoms with Crippen molar-refractivity contribution in [2.45, 2.75) is 0 Å². The molecule has 0 unspecified atom stereocenters. The molecule has 6 heteroatoms. The van der Waals surface area contributed by atoms with Gasteiger partial charge in [-0.15, -0.1) is 0 Å². The fourth-order valence-electron chi connectivity index (χ4n) is 1.75. The predicted molar refractivity (Wildman–Crippen MR) is 89.3 cm³/mol. The van der Waals surface area contributed by atoms with Crippen LogP contribution in [0.15, 0.2) is 46.9 Å². The van der Waals surface area contributed by atoms with Gasteiger partial charge in [0, 0.05) is 9.50 Å². The number of anilines is 2. The van der Waals surface area contributed by atoms with Crippen molar-refractivity contribution in [3.8, 4) is 5.75 Å². The molecule has 0 aliphatic heterocycles. The highest BCUT2D eigenvalue weighted by Gasteiger charge is 2.08. The number of hydrogen-bond donors (Lipinski definition) is 2. The van der Waals surface area contributed by atoms with Crippen LogP contribution in [0.1, 0.15) is 0 Å². The third-order valence-corrected chi connectivity index (χ3v) is 3.68. The third kappa shape index (κ3) is 4.37. The van der Waals surface area contributed by atoms with Crippen molar-refractivity contribution in [1.29, 1.82) is 0 Å². The topological polar surface area (TPSA) is 50.4 Å². The van der Waals surface area contributed by atoms with Crippen LogP contribution >= 0.6 is 27.5 Å². The summed E-state index contributed by atoms with van der Waals surface area (Å²) in [5.74, 6) is 0.469. The molecule has 0 saturated heterocycles. The number of para-hydroxylation sites is 1. The standard InChI is InChI=1S/C15H14BrClN2O2/c1-21-14-7-6-10(17)8-13(14)18-9-15(20)19-12-5-3-2-4-11(12)16/h2-8,18H,9H2,1H3,(H,19,20). The fraction of sp³-hybridized carbons (Fsp3) is 0.133. The summed E-state index contributed by atoms with van der Waals surface area (Å²) >= 11 is 9.32. The average Bonchev–Trinajstić information content (AvgIpc) is 2.48. The zero-order valence-corrected chi connectivity index (χ0v) is 13.7. The van der Waals surface area contributed by atoms with E-state index in [1.807, 2.05) is 24.3 Å². The number of benzene rings is 2. The minimum atomic E-state index is -0.163. The highest BCUT2D eigenvalue weighted by Crippen LogP contribution is 2.27. The van der Waals surface area contributed by atoms with E-state index in [-0.39, 0.29) is 12.5 Å². The molecule has 2 rings (SSSR count). The summed E-state index contributed by atoms with van der Waals surface area (Å²) in [5.41, 5.74) is 1.40. The maximum atomic E-state index is 12.0. The Balaban J connectivity index is 1.98. The van der Waals surface area contributed by atoms with Gasteiger partial charge in [-0.05, 0) is 46.3 Å². The molecule has 4 nitrogen and oxygen atoms in total. The molecule has 0 saturated carbocycles. The van der Waals surface area contributed by atoms with Crippen molar-refractivity contribution in [1.82, 2.24) is 0 Å². The summed E-state index contributed by atoms with van der Waals surface area (Å²) in [5, 5.41) is 6.39. The normalized spacial score (nSPS) is 10.0. The van der Waals surface area contributed by atoms with E-state index in [4.69, 9.17) is 16.3 Å². The summed E-state index contributed by atoms with van der Waals surface area (Å²) in [6, 6.07) is 12.6. The van der Waals surface area contributed by atoms with Gasteiger partial charge in [-0.3, -0.25) is 4.79 Å². The van der Waals surface area contributed by atoms with E-state index in [0.29, 0.717) is 16.5 Å². The summed E-state index contributed by atoms with van der Waals surface area (Å²) in [7, 11) is 1.57. The van der Waals surface area contributed by atoms with E-state index in [0.717, 1.165) is 10.2 Å². The van der Waals surface area contributed by atoms with Gasteiger partial charge >= 0.3 is 0 Å². The van der Waals surface area contributed by atoms with Gasteiger partial charge in [0.15, 0.2) is 0 Å². The first-order valence-corrected chi connectivity index (χ1v) is 7.39. The maximum absolute atomic E-state index is 12.0. The Morgan fingerprint density at radius 1 is 1.24 bits per heavy atom. The number of carbonyl (C=O) groups excluding carboxylic acids is 1. The van der Waals surface area contributed by atoms with Gasteiger partial charge in [0.2, 0.25) is 5.91 Å². The number of ether oxygens (including phenoxy) is 1. The Labute approximate surface area is 136 Å². The van der Waals surface area contributed by atoms with E-state index in [9.17, 15) is 4.79 Å². The van der Waals surface area contributed by atoms with Crippen LogP contribution in [0.25, 0.3) is 0 Å². The lowest BCUT2D eigenvalue weighted by atomic mass is 10.3. The van der Waals surface area contributed by atoms with Crippen LogP contribution in [-0.4, -0.2) is 19.6 Å². The van der Waals surface area contributed by atoms with Crippen LogP contribution in [0.5, 0.6) is 5.75 Å². The zero-order chi connectivity index (χ0) is 15.2. The van der Waals surface area contributed by atoms with Gasteiger partial charge in [-0.2, -0.15) is 0 Å². The number of rotatable bonds is 5. The van der Waals surface area contributed by atoms with Crippen molar-refractivity contribution >= 4 is 44.8 Å². The quantitative estimate of drug-likeness (QED) is 0.832. The molecule has 1 amide bonds. The molecule has 0 radical (unpaired) electrons. The van der Waals surface area contributed by atoms with Crippen molar-refractivity contribution < 1.29 is 9.53 Å². The second-order valence-electron chi connectivity index (χ2n) is 4.23. The Kier molecular flexibility index (Phi) is 5.47. The monoisotopic (exact) mass is 368 g/mol. The second kappa shape index (κ2) is 7.33. The Morgan fingerprint density at radius 3 is 2.71 bits per heavy atom. The highest BCUT2D eigenvalue weighted by molar-refractivity contribution is 9.10. The van der Waals surface area contributed by atoms with E-state index in [1.54, 1.807) is 25.3 Å². The van der Waals surface area contributed by atoms with Gasteiger partial charge in [0.25, 0.3) is 0 Å². The molecule has 0 aliphatic carbocycles. The number of carbonyl (C=O) groups is 1. The minimum absolute atomic E-state index is 0.109. The van der Waals surface area contributed by atoms with Gasteiger partial charge in [0.05, 0.1) is 25.0 Å². The van der Waals surface area contributed by atoms with Gasteiger partial charge < -0.3 is 15.4 Å². The Morgan fingerprint density at radius 2 is 2.00 bits per heavy atom. The fourth-order valence-corrected chi connectivity index (χ4v) is 2.31. The molecule has 110 valence electrons. The van der Waals surface area contributed by atoms with Crippen LogP contribution in [-0.2, 0) is 4.79 Å². The number of hydrogen-bond acceptors (Lipinski definition) is 3. The number of nitrogens with one attached hydrogen (secondary N) is 2. The predicted octanol–water partition coefficient (Wildman–Crippen LogP) is 4.16. The van der Waals surface area contributed by atoms with Crippen molar-refractivity contribution in [2.24, 2.45) is 0 Å². The molecule has 0 aliphatic rings. The molecule has 21 heavy (non-hydrogen) atoms. The van der Waals surface area contributed by atoms with Crippen LogP contribution < -0.4 is 15.4 Å². The molecule has 2 aromatic rings. The molecule has 2 N–H and O–H groups in total. The van der Waals surface area contributed by atoms with Crippen LogP contribution in [0, 0.1) is 0 Å². The molecule has 0 heterocycles. The van der Waals surface area contributed by atoms with Crippen molar-refractivity contribution in [3.05, 3.63) is 52.0 Å². The van der Waals surface area contributed by atoms with E-state index in [2.05, 4.69) is 26.6 Å². The van der Waals surface area contributed by atoms with Crippen LogP contribution in [0.4, 0.5) is 11.4 Å². The molecular formula is C15H14BrClN2O2. The first-order chi connectivity index (χ1) is 10.1. The van der Waals surface area contributed by atoms with Gasteiger partial charge in [-0.25, -0.2) is 0 Å². The number of halogens is 2. The molecule has 0 aromatic heterocycles. The third-order valence-electron chi connectivity index (χ3n) is 2.75. The summed E-state index contributed by atoms with van der Waals surface area (Å²) in [4.78, 5) is 12.0. The summed E-state index contributed by atoms with van der Waals surface area (Å²) in [6.45, 7) is 0.109. The summed E-state index contributed by atoms with van der Waals surface area (Å²) in [6.07, 6.45) is 0. The smallest absolute Gasteiger partial charge is 0.243 e. The maximum Gasteiger partial charge on any atom is 0.243 e. The lowest BCUT2D eigenvalue weighted by Crippen LogP contribution is -2.22. The van der Waals surface area contributed by atoms with E-state index >= 15 is 0 Å². The van der Waals surface area contributed by atoms with Crippen LogP contribution in [0.2, 0.25) is 5.02 Å². The van der Waals surface area contributed by atoms with Gasteiger partial charge in [-0.1, -0.05) is 23.7 Å². The van der Waals surface area contributed by atoms with E-state index < -0.39 is 0 Å². The average molecular weight is 370 g/mol. The highest BCUT2D eigenvalue weighted by atomic mass is 79.9. The van der Waals surface area contributed by atoms with Crippen molar-refractivity contribution in [3.63, 3.8) is 0 Å². The first kappa shape index (κ1) is 15.7. The molecule has 0 spiro atoms. The minimum Gasteiger partial charge on any atom is -0.495 e. The zero-order valence-electron chi connectivity index (χ0n) is 11.3. The second-order valence-corrected chi connectivity index (χ2v) is 5.52. The molecule has 2 aromatic carbocycles. The Hall–Kier alpha value is -1.72. The first-order valence-electron chi connectivity index (χ1n) is 6.22. The molecule has 0 fully saturated rings. The molecule has 0 atom stereocenters. The Bertz CT molecular complexity index is 649. The summed E-state index contributed by atoms with van der Waals surface area (Å²) < 4.78 is 6.04. The lowest BCUT2D eigenvalue weighted by molar-refractivity contribution is -0.114. The van der Waals surface area contributed by atoms with E-state index in [1.165, 1.54) is 0 Å². The lowest BCUT2D eigenvalue weighted by Gasteiger charge is -2.12. The SMILES string of the molecule is COc1ccc(Cl)cc1NCC(=O)Nc1ccccc1Br. The molecular weight excluding hydrogens is 356 g/mol.